The number of piperazine rings is 1. The van der Waals surface area contributed by atoms with E-state index in [0.717, 1.165) is 4.31 Å². The van der Waals surface area contributed by atoms with Crippen molar-refractivity contribution in [3.8, 4) is 11.5 Å². The first kappa shape index (κ1) is 21.6. The highest BCUT2D eigenvalue weighted by Crippen LogP contribution is 2.19. The van der Waals surface area contributed by atoms with Gasteiger partial charge in [-0.15, -0.1) is 0 Å². The minimum atomic E-state index is -3.86. The summed E-state index contributed by atoms with van der Waals surface area (Å²) in [6.07, 6.45) is 0. The Bertz CT molecular complexity index is 1020. The summed E-state index contributed by atoms with van der Waals surface area (Å²) in [5, 5.41) is 5.28. The van der Waals surface area contributed by atoms with Crippen LogP contribution in [-0.2, 0) is 14.8 Å². The van der Waals surface area contributed by atoms with Crippen molar-refractivity contribution >= 4 is 21.8 Å². The molecule has 2 amide bonds. The lowest BCUT2D eigenvalue weighted by atomic mass is 10.2. The maximum atomic E-state index is 12.8. The van der Waals surface area contributed by atoms with Crippen molar-refractivity contribution < 1.29 is 27.5 Å². The van der Waals surface area contributed by atoms with Gasteiger partial charge in [0.15, 0.2) is 0 Å². The number of rotatable bonds is 8. The Kier molecular flexibility index (Phi) is 6.91. The number of nitrogens with one attached hydrogen (secondary N) is 2. The number of hydrogen-bond acceptors (Lipinski definition) is 6. The van der Waals surface area contributed by atoms with Gasteiger partial charge in [0.05, 0.1) is 25.1 Å². The molecule has 1 aliphatic rings. The molecule has 0 unspecified atom stereocenters. The molecule has 0 saturated carbocycles. The Morgan fingerprint density at radius 1 is 1.17 bits per heavy atom. The number of carbonyl (C=O) groups is 2. The minimum absolute atomic E-state index is 0.0301. The van der Waals surface area contributed by atoms with Crippen LogP contribution in [0.5, 0.6) is 11.5 Å². The molecule has 1 heterocycles. The van der Waals surface area contributed by atoms with Crippen LogP contribution in [0.3, 0.4) is 0 Å². The van der Waals surface area contributed by atoms with Gasteiger partial charge in [0.25, 0.3) is 5.91 Å². The zero-order valence-corrected chi connectivity index (χ0v) is 17.3. The van der Waals surface area contributed by atoms with Gasteiger partial charge in [0.2, 0.25) is 15.9 Å². The molecule has 1 saturated heterocycles. The Morgan fingerprint density at radius 3 is 2.70 bits per heavy atom. The fourth-order valence-corrected chi connectivity index (χ4v) is 4.34. The molecule has 3 rings (SSSR count). The van der Waals surface area contributed by atoms with Crippen LogP contribution in [0.15, 0.2) is 53.4 Å². The summed E-state index contributed by atoms with van der Waals surface area (Å²) in [7, 11) is -2.30. The summed E-state index contributed by atoms with van der Waals surface area (Å²) in [4.78, 5) is 23.9. The third-order valence-corrected chi connectivity index (χ3v) is 6.28. The normalized spacial score (nSPS) is 14.6. The highest BCUT2D eigenvalue weighted by atomic mass is 32.2. The predicted molar refractivity (Wildman–Crippen MR) is 109 cm³/mol. The van der Waals surface area contributed by atoms with E-state index in [-0.39, 0.29) is 49.2 Å². The van der Waals surface area contributed by atoms with E-state index >= 15 is 0 Å². The average Bonchev–Trinajstić information content (AvgIpc) is 2.77. The number of benzene rings is 2. The quantitative estimate of drug-likeness (QED) is 0.590. The van der Waals surface area contributed by atoms with Crippen molar-refractivity contribution in [1.82, 2.24) is 14.9 Å². The van der Waals surface area contributed by atoms with Gasteiger partial charge in [-0.05, 0) is 30.3 Å². The first-order valence-electron chi connectivity index (χ1n) is 9.32. The van der Waals surface area contributed by atoms with Crippen molar-refractivity contribution in [2.24, 2.45) is 0 Å². The zero-order chi connectivity index (χ0) is 21.6. The standard InChI is InChI=1S/C20H23N3O6S/c1-28-16-5-3-6-17(13-16)29-11-9-22-20(25)15-4-2-7-18(12-15)30(26,27)23-10-8-21-19(24)14-23/h2-7,12-13H,8-11,14H2,1H3,(H,21,24)(H,22,25). The molecule has 160 valence electrons. The molecule has 30 heavy (non-hydrogen) atoms. The molecular formula is C20H23N3O6S. The second-order valence-electron chi connectivity index (χ2n) is 6.50. The van der Waals surface area contributed by atoms with Gasteiger partial charge in [-0.1, -0.05) is 12.1 Å². The van der Waals surface area contributed by atoms with E-state index in [1.165, 1.54) is 24.3 Å². The van der Waals surface area contributed by atoms with E-state index in [2.05, 4.69) is 10.6 Å². The molecular weight excluding hydrogens is 410 g/mol. The first-order valence-corrected chi connectivity index (χ1v) is 10.8. The lowest BCUT2D eigenvalue weighted by Gasteiger charge is -2.26. The molecule has 2 aromatic rings. The molecule has 10 heteroatoms. The number of carbonyl (C=O) groups excluding carboxylic acids is 2. The molecule has 0 spiro atoms. The average molecular weight is 433 g/mol. The molecule has 9 nitrogen and oxygen atoms in total. The molecule has 0 aromatic heterocycles. The van der Waals surface area contributed by atoms with E-state index in [0.29, 0.717) is 11.5 Å². The van der Waals surface area contributed by atoms with Crippen LogP contribution in [0.2, 0.25) is 0 Å². The molecule has 1 fully saturated rings. The van der Waals surface area contributed by atoms with Crippen LogP contribution < -0.4 is 20.1 Å². The summed E-state index contributed by atoms with van der Waals surface area (Å²) in [6.45, 7) is 0.678. The van der Waals surface area contributed by atoms with Crippen LogP contribution in [0.25, 0.3) is 0 Å². The Hall–Kier alpha value is -3.11. The molecule has 2 N–H and O–H groups in total. The molecule has 1 aliphatic heterocycles. The van der Waals surface area contributed by atoms with Gasteiger partial charge < -0.3 is 20.1 Å². The summed E-state index contributed by atoms with van der Waals surface area (Å²) in [6, 6.07) is 12.8. The molecule has 0 aliphatic carbocycles. The van der Waals surface area contributed by atoms with Crippen LogP contribution in [0.4, 0.5) is 0 Å². The lowest BCUT2D eigenvalue weighted by Crippen LogP contribution is -2.49. The smallest absolute Gasteiger partial charge is 0.251 e. The zero-order valence-electron chi connectivity index (χ0n) is 16.5. The molecule has 0 bridgehead atoms. The van der Waals surface area contributed by atoms with Gasteiger partial charge >= 0.3 is 0 Å². The largest absolute Gasteiger partial charge is 0.497 e. The van der Waals surface area contributed by atoms with Crippen LogP contribution >= 0.6 is 0 Å². The summed E-state index contributed by atoms with van der Waals surface area (Å²) in [5.74, 6) is 0.510. The maximum Gasteiger partial charge on any atom is 0.251 e. The Morgan fingerprint density at radius 2 is 1.93 bits per heavy atom. The second-order valence-corrected chi connectivity index (χ2v) is 8.44. The van der Waals surface area contributed by atoms with E-state index in [9.17, 15) is 18.0 Å². The topological polar surface area (TPSA) is 114 Å². The van der Waals surface area contributed by atoms with Crippen molar-refractivity contribution in [2.75, 3.05) is 39.9 Å². The van der Waals surface area contributed by atoms with E-state index in [1.807, 2.05) is 0 Å². The highest BCUT2D eigenvalue weighted by Gasteiger charge is 2.29. The van der Waals surface area contributed by atoms with Crippen molar-refractivity contribution in [2.45, 2.75) is 4.90 Å². The third kappa shape index (κ3) is 5.28. The van der Waals surface area contributed by atoms with Crippen molar-refractivity contribution in [1.29, 1.82) is 0 Å². The number of amides is 2. The van der Waals surface area contributed by atoms with Crippen molar-refractivity contribution in [3.05, 3.63) is 54.1 Å². The van der Waals surface area contributed by atoms with Crippen molar-refractivity contribution in [3.63, 3.8) is 0 Å². The number of ether oxygens (including phenoxy) is 2. The van der Waals surface area contributed by atoms with Crippen LogP contribution in [0, 0.1) is 0 Å². The Labute approximate surface area is 175 Å². The van der Waals surface area contributed by atoms with Gasteiger partial charge in [-0.25, -0.2) is 8.42 Å². The van der Waals surface area contributed by atoms with Crippen LogP contribution in [0.1, 0.15) is 10.4 Å². The maximum absolute atomic E-state index is 12.8. The lowest BCUT2D eigenvalue weighted by molar-refractivity contribution is -0.122. The molecule has 2 aromatic carbocycles. The van der Waals surface area contributed by atoms with Gasteiger partial charge in [-0.3, -0.25) is 9.59 Å². The summed E-state index contributed by atoms with van der Waals surface area (Å²) < 4.78 is 37.3. The second kappa shape index (κ2) is 9.59. The fraction of sp³-hybridized carbons (Fsp3) is 0.300. The van der Waals surface area contributed by atoms with Gasteiger partial charge in [0, 0.05) is 24.7 Å². The van der Waals surface area contributed by atoms with Gasteiger partial charge in [0.1, 0.15) is 18.1 Å². The molecule has 0 atom stereocenters. The SMILES string of the molecule is COc1cccc(OCCNC(=O)c2cccc(S(=O)(=O)N3CCNC(=O)C3)c2)c1. The number of sulfonamides is 1. The molecule has 0 radical (unpaired) electrons. The number of hydrogen-bond donors (Lipinski definition) is 2. The van der Waals surface area contributed by atoms with E-state index < -0.39 is 15.9 Å². The highest BCUT2D eigenvalue weighted by molar-refractivity contribution is 7.89. The van der Waals surface area contributed by atoms with E-state index in [4.69, 9.17) is 9.47 Å². The summed E-state index contributed by atoms with van der Waals surface area (Å²) in [5.41, 5.74) is 0.207. The van der Waals surface area contributed by atoms with E-state index in [1.54, 1.807) is 31.4 Å². The first-order chi connectivity index (χ1) is 14.4. The summed E-state index contributed by atoms with van der Waals surface area (Å²) >= 11 is 0. The monoisotopic (exact) mass is 433 g/mol. The third-order valence-electron chi connectivity index (χ3n) is 4.43. The fourth-order valence-electron chi connectivity index (χ4n) is 2.89. The minimum Gasteiger partial charge on any atom is -0.497 e. The Balaban J connectivity index is 1.58. The number of nitrogens with zero attached hydrogens (tertiary/aromatic N) is 1. The van der Waals surface area contributed by atoms with Crippen LogP contribution in [-0.4, -0.2) is 64.4 Å². The predicted octanol–water partition coefficient (Wildman–Crippen LogP) is 0.625. The number of methoxy groups -OCH3 is 1. The van der Waals surface area contributed by atoms with Gasteiger partial charge in [-0.2, -0.15) is 4.31 Å².